The molecule has 0 aliphatic heterocycles. The maximum absolute atomic E-state index is 13.8. The van der Waals surface area contributed by atoms with E-state index in [1.54, 1.807) is 6.92 Å². The zero-order chi connectivity index (χ0) is 25.3. The van der Waals surface area contributed by atoms with E-state index in [9.17, 15) is 22.4 Å². The van der Waals surface area contributed by atoms with Gasteiger partial charge in [-0.1, -0.05) is 56.2 Å². The quantitative estimate of drug-likeness (QED) is 0.460. The number of amides is 2. The van der Waals surface area contributed by atoms with E-state index in [1.165, 1.54) is 23.1 Å². The second-order valence-electron chi connectivity index (χ2n) is 8.33. The molecular formula is C25H34FN3O4S. The number of unbranched alkanes of at least 4 members (excludes halogenated alkanes) is 1. The predicted molar refractivity (Wildman–Crippen MR) is 132 cm³/mol. The number of sulfonamides is 1. The number of carbonyl (C=O) groups excluding carboxylic acids is 2. The van der Waals surface area contributed by atoms with Gasteiger partial charge in [-0.15, -0.1) is 0 Å². The predicted octanol–water partition coefficient (Wildman–Crippen LogP) is 3.62. The van der Waals surface area contributed by atoms with Gasteiger partial charge >= 0.3 is 0 Å². The number of nitrogens with one attached hydrogen (secondary N) is 1. The number of carbonyl (C=O) groups is 2. The molecule has 0 aliphatic rings. The molecule has 34 heavy (non-hydrogen) atoms. The monoisotopic (exact) mass is 491 g/mol. The third-order valence-electron chi connectivity index (χ3n) is 5.46. The van der Waals surface area contributed by atoms with Crippen LogP contribution in [0.1, 0.15) is 44.2 Å². The number of anilines is 1. The van der Waals surface area contributed by atoms with Crippen LogP contribution in [0.15, 0.2) is 48.5 Å². The smallest absolute Gasteiger partial charge is 0.244 e. The van der Waals surface area contributed by atoms with Crippen molar-refractivity contribution in [3.8, 4) is 0 Å². The van der Waals surface area contributed by atoms with Crippen LogP contribution in [0.5, 0.6) is 0 Å². The van der Waals surface area contributed by atoms with Crippen LogP contribution >= 0.6 is 0 Å². The van der Waals surface area contributed by atoms with Crippen LogP contribution in [0.3, 0.4) is 0 Å². The van der Waals surface area contributed by atoms with Crippen molar-refractivity contribution < 1.29 is 22.4 Å². The zero-order valence-electron chi connectivity index (χ0n) is 20.3. The Bertz CT molecular complexity index is 1070. The number of nitrogens with zero attached hydrogens (tertiary/aromatic N) is 2. The van der Waals surface area contributed by atoms with Gasteiger partial charge in [0.15, 0.2) is 0 Å². The van der Waals surface area contributed by atoms with Crippen molar-refractivity contribution in [2.75, 3.05) is 23.7 Å². The molecule has 0 unspecified atom stereocenters. The highest BCUT2D eigenvalue weighted by atomic mass is 32.2. The van der Waals surface area contributed by atoms with Crippen molar-refractivity contribution in [2.24, 2.45) is 0 Å². The average Bonchev–Trinajstić information content (AvgIpc) is 2.78. The summed E-state index contributed by atoms with van der Waals surface area (Å²) in [6, 6.07) is 11.9. The second kappa shape index (κ2) is 12.5. The highest BCUT2D eigenvalue weighted by Crippen LogP contribution is 2.20. The first-order valence-corrected chi connectivity index (χ1v) is 13.3. The summed E-state index contributed by atoms with van der Waals surface area (Å²) in [5.41, 5.74) is 1.92. The average molecular weight is 492 g/mol. The van der Waals surface area contributed by atoms with Gasteiger partial charge in [0.05, 0.1) is 11.9 Å². The molecule has 0 saturated carbocycles. The van der Waals surface area contributed by atoms with E-state index in [1.807, 2.05) is 38.1 Å². The Morgan fingerprint density at radius 3 is 2.32 bits per heavy atom. The molecule has 7 nitrogen and oxygen atoms in total. The van der Waals surface area contributed by atoms with Crippen LogP contribution in [-0.2, 0) is 26.2 Å². The number of rotatable bonds is 12. The van der Waals surface area contributed by atoms with E-state index in [2.05, 4.69) is 5.32 Å². The molecule has 0 heterocycles. The number of halogens is 1. The van der Waals surface area contributed by atoms with E-state index in [0.717, 1.165) is 40.6 Å². The van der Waals surface area contributed by atoms with Crippen LogP contribution < -0.4 is 9.62 Å². The summed E-state index contributed by atoms with van der Waals surface area (Å²) in [6.07, 6.45) is 3.05. The third kappa shape index (κ3) is 7.83. The van der Waals surface area contributed by atoms with E-state index in [4.69, 9.17) is 0 Å². The van der Waals surface area contributed by atoms with Crippen LogP contribution in [-0.4, -0.2) is 50.5 Å². The lowest BCUT2D eigenvalue weighted by Crippen LogP contribution is -2.52. The summed E-state index contributed by atoms with van der Waals surface area (Å²) >= 11 is 0. The van der Waals surface area contributed by atoms with Crippen molar-refractivity contribution in [3.63, 3.8) is 0 Å². The number of benzene rings is 2. The first-order chi connectivity index (χ1) is 16.1. The zero-order valence-corrected chi connectivity index (χ0v) is 21.1. The van der Waals surface area contributed by atoms with Gasteiger partial charge in [0.25, 0.3) is 0 Å². The lowest BCUT2D eigenvalue weighted by atomic mass is 10.1. The number of aryl methyl sites for hydroxylation is 1. The molecular weight excluding hydrogens is 457 g/mol. The Labute approximate surface area is 202 Å². The molecule has 9 heteroatoms. The van der Waals surface area contributed by atoms with Gasteiger partial charge in [-0.2, -0.15) is 0 Å². The van der Waals surface area contributed by atoms with E-state index < -0.39 is 34.3 Å². The Morgan fingerprint density at radius 1 is 1.09 bits per heavy atom. The van der Waals surface area contributed by atoms with Crippen molar-refractivity contribution >= 4 is 27.5 Å². The molecule has 0 spiro atoms. The molecule has 186 valence electrons. The minimum atomic E-state index is -3.89. The molecule has 0 bridgehead atoms. The van der Waals surface area contributed by atoms with Gasteiger partial charge in [-0.05, 0) is 43.5 Å². The van der Waals surface area contributed by atoms with E-state index in [0.29, 0.717) is 13.0 Å². The topological polar surface area (TPSA) is 86.8 Å². The maximum atomic E-state index is 13.8. The van der Waals surface area contributed by atoms with Crippen LogP contribution in [0.4, 0.5) is 10.1 Å². The number of hydrogen-bond donors (Lipinski definition) is 1. The van der Waals surface area contributed by atoms with Crippen molar-refractivity contribution in [1.29, 1.82) is 0 Å². The van der Waals surface area contributed by atoms with Gasteiger partial charge in [0.1, 0.15) is 18.4 Å². The van der Waals surface area contributed by atoms with Crippen molar-refractivity contribution in [2.45, 2.75) is 52.6 Å². The standard InChI is InChI=1S/C25H34FN3O4S/c1-5-7-15-27-25(31)23(6-2)28(17-20-13-11-19(3)12-14-20)24(30)18-29(34(4,32)33)22-10-8-9-21(26)16-22/h8-14,16,23H,5-7,15,17-18H2,1-4H3,(H,27,31)/t23-/m1/s1. The molecule has 2 rings (SSSR count). The van der Waals surface area contributed by atoms with Crippen LogP contribution in [0.25, 0.3) is 0 Å². The summed E-state index contributed by atoms with van der Waals surface area (Å²) in [5, 5.41) is 2.87. The van der Waals surface area contributed by atoms with E-state index >= 15 is 0 Å². The molecule has 0 aliphatic carbocycles. The number of hydrogen-bond acceptors (Lipinski definition) is 4. The summed E-state index contributed by atoms with van der Waals surface area (Å²) in [5.74, 6) is -1.45. The molecule has 0 saturated heterocycles. The van der Waals surface area contributed by atoms with Crippen molar-refractivity contribution in [1.82, 2.24) is 10.2 Å². The summed E-state index contributed by atoms with van der Waals surface area (Å²) in [6.45, 7) is 5.86. The fourth-order valence-corrected chi connectivity index (χ4v) is 4.40. The summed E-state index contributed by atoms with van der Waals surface area (Å²) < 4.78 is 39.7. The Hall–Kier alpha value is -2.94. The molecule has 1 atom stereocenters. The Kier molecular flexibility index (Phi) is 10.0. The minimum absolute atomic E-state index is 0.0478. The van der Waals surface area contributed by atoms with Gasteiger partial charge in [0, 0.05) is 13.1 Å². The molecule has 0 fully saturated rings. The molecule has 0 aromatic heterocycles. The SMILES string of the molecule is CCCCNC(=O)[C@@H](CC)N(Cc1ccc(C)cc1)C(=O)CN(c1cccc(F)c1)S(C)(=O)=O. The van der Waals surface area contributed by atoms with Gasteiger partial charge < -0.3 is 10.2 Å². The normalized spacial score (nSPS) is 12.1. The molecule has 2 aromatic rings. The van der Waals surface area contributed by atoms with Gasteiger partial charge in [0.2, 0.25) is 21.8 Å². The second-order valence-corrected chi connectivity index (χ2v) is 10.2. The third-order valence-corrected chi connectivity index (χ3v) is 6.60. The minimum Gasteiger partial charge on any atom is -0.354 e. The Balaban J connectivity index is 2.39. The largest absolute Gasteiger partial charge is 0.354 e. The lowest BCUT2D eigenvalue weighted by Gasteiger charge is -2.33. The van der Waals surface area contributed by atoms with Crippen LogP contribution in [0, 0.1) is 12.7 Å². The lowest BCUT2D eigenvalue weighted by molar-refractivity contribution is -0.140. The van der Waals surface area contributed by atoms with Gasteiger partial charge in [-0.3, -0.25) is 13.9 Å². The van der Waals surface area contributed by atoms with Crippen LogP contribution in [0.2, 0.25) is 0 Å². The highest BCUT2D eigenvalue weighted by Gasteiger charge is 2.31. The summed E-state index contributed by atoms with van der Waals surface area (Å²) in [7, 11) is -3.89. The van der Waals surface area contributed by atoms with Crippen molar-refractivity contribution in [3.05, 3.63) is 65.5 Å². The maximum Gasteiger partial charge on any atom is 0.244 e. The molecule has 1 N–H and O–H groups in total. The molecule has 2 aromatic carbocycles. The molecule has 0 radical (unpaired) electrons. The summed E-state index contributed by atoms with van der Waals surface area (Å²) in [4.78, 5) is 27.9. The fraction of sp³-hybridized carbons (Fsp3) is 0.440. The first kappa shape index (κ1) is 27.3. The highest BCUT2D eigenvalue weighted by molar-refractivity contribution is 7.92. The van der Waals surface area contributed by atoms with E-state index in [-0.39, 0.29) is 18.1 Å². The Morgan fingerprint density at radius 2 is 1.76 bits per heavy atom. The fourth-order valence-electron chi connectivity index (χ4n) is 3.56. The molecule has 2 amide bonds. The van der Waals surface area contributed by atoms with Gasteiger partial charge in [-0.25, -0.2) is 12.8 Å². The first-order valence-electron chi connectivity index (χ1n) is 11.4.